The van der Waals surface area contributed by atoms with Gasteiger partial charge in [-0.25, -0.2) is 0 Å². The first-order chi connectivity index (χ1) is 18.2. The maximum Gasteiger partial charge on any atom is 0.220 e. The van der Waals surface area contributed by atoms with E-state index in [-0.39, 0.29) is 11.8 Å². The number of aromatic nitrogens is 1. The van der Waals surface area contributed by atoms with E-state index >= 15 is 0 Å². The molecule has 5 rings (SSSR count). The fraction of sp³-hybridized carbons (Fsp3) is 0.300. The number of fused-ring (bicyclic) bond motifs is 1. The molecular weight excluding hydrogens is 486 g/mol. The molecule has 0 unspecified atom stereocenters. The number of halogens is 1. The molecule has 0 bridgehead atoms. The van der Waals surface area contributed by atoms with Crippen molar-refractivity contribution < 1.29 is 14.3 Å². The number of nitrogens with zero attached hydrogens (tertiary/aromatic N) is 1. The molecular formula is C30H32ClN3O3. The fourth-order valence-corrected chi connectivity index (χ4v) is 4.96. The summed E-state index contributed by atoms with van der Waals surface area (Å²) in [6, 6.07) is 24.0. The molecule has 1 amide bonds. The SMILES string of the molecule is O=C(C[C@H](c1ccc(OCc2ccccc2)cc1)c1c[nH]c2ccc(Cl)cc12)NCCN1CCOCC1. The molecule has 192 valence electrons. The van der Waals surface area contributed by atoms with E-state index in [2.05, 4.69) is 27.3 Å². The number of rotatable bonds is 10. The second-order valence-electron chi connectivity index (χ2n) is 9.34. The third-order valence-electron chi connectivity index (χ3n) is 6.83. The van der Waals surface area contributed by atoms with Crippen LogP contribution in [0.25, 0.3) is 10.9 Å². The van der Waals surface area contributed by atoms with Crippen molar-refractivity contribution in [3.8, 4) is 5.75 Å². The number of carbonyl (C=O) groups excluding carboxylic acids is 1. The van der Waals surface area contributed by atoms with Gasteiger partial charge in [-0.2, -0.15) is 0 Å². The van der Waals surface area contributed by atoms with Gasteiger partial charge in [0.2, 0.25) is 5.91 Å². The number of ether oxygens (including phenoxy) is 2. The Labute approximate surface area is 222 Å². The van der Waals surface area contributed by atoms with Crippen molar-refractivity contribution in [3.05, 3.63) is 101 Å². The lowest BCUT2D eigenvalue weighted by molar-refractivity contribution is -0.121. The van der Waals surface area contributed by atoms with Crippen LogP contribution in [0, 0.1) is 0 Å². The molecule has 0 aliphatic carbocycles. The van der Waals surface area contributed by atoms with Crippen LogP contribution in [0.2, 0.25) is 5.02 Å². The summed E-state index contributed by atoms with van der Waals surface area (Å²) < 4.78 is 11.4. The topological polar surface area (TPSA) is 66.6 Å². The van der Waals surface area contributed by atoms with E-state index in [4.69, 9.17) is 21.1 Å². The molecule has 1 aliphatic heterocycles. The predicted molar refractivity (Wildman–Crippen MR) is 147 cm³/mol. The molecule has 1 saturated heterocycles. The van der Waals surface area contributed by atoms with Crippen LogP contribution in [-0.4, -0.2) is 55.2 Å². The number of benzene rings is 3. The average Bonchev–Trinajstić information content (AvgIpc) is 3.35. The molecule has 7 heteroatoms. The van der Waals surface area contributed by atoms with Crippen molar-refractivity contribution in [2.24, 2.45) is 0 Å². The Morgan fingerprint density at radius 3 is 2.62 bits per heavy atom. The van der Waals surface area contributed by atoms with Gasteiger partial charge in [-0.15, -0.1) is 0 Å². The van der Waals surface area contributed by atoms with Gasteiger partial charge in [0.1, 0.15) is 12.4 Å². The molecule has 0 saturated carbocycles. The van der Waals surface area contributed by atoms with Crippen LogP contribution < -0.4 is 10.1 Å². The van der Waals surface area contributed by atoms with Gasteiger partial charge in [-0.3, -0.25) is 9.69 Å². The number of H-pyrrole nitrogens is 1. The first-order valence-corrected chi connectivity index (χ1v) is 13.1. The predicted octanol–water partition coefficient (Wildman–Crippen LogP) is 5.37. The number of morpholine rings is 1. The Morgan fingerprint density at radius 1 is 1.05 bits per heavy atom. The lowest BCUT2D eigenvalue weighted by Crippen LogP contribution is -2.41. The van der Waals surface area contributed by atoms with E-state index in [0.29, 0.717) is 24.6 Å². The van der Waals surface area contributed by atoms with Crippen LogP contribution in [0.4, 0.5) is 0 Å². The van der Waals surface area contributed by atoms with E-state index < -0.39 is 0 Å². The van der Waals surface area contributed by atoms with Crippen molar-refractivity contribution in [1.29, 1.82) is 0 Å². The monoisotopic (exact) mass is 517 g/mol. The number of nitrogens with one attached hydrogen (secondary N) is 2. The third-order valence-corrected chi connectivity index (χ3v) is 7.06. The molecule has 2 heterocycles. The van der Waals surface area contributed by atoms with Crippen LogP contribution >= 0.6 is 11.6 Å². The van der Waals surface area contributed by atoms with Gasteiger partial charge < -0.3 is 19.8 Å². The Balaban J connectivity index is 1.31. The van der Waals surface area contributed by atoms with Crippen LogP contribution in [0.3, 0.4) is 0 Å². The normalized spacial score (nSPS) is 14.9. The third kappa shape index (κ3) is 6.72. The van der Waals surface area contributed by atoms with E-state index in [1.807, 2.05) is 66.9 Å². The number of hydrogen-bond donors (Lipinski definition) is 2. The van der Waals surface area contributed by atoms with E-state index in [9.17, 15) is 4.79 Å². The zero-order chi connectivity index (χ0) is 25.5. The smallest absolute Gasteiger partial charge is 0.220 e. The Hall–Kier alpha value is -3.32. The summed E-state index contributed by atoms with van der Waals surface area (Å²) in [4.78, 5) is 18.7. The highest BCUT2D eigenvalue weighted by Crippen LogP contribution is 2.35. The standard InChI is InChI=1S/C30H32ClN3O3/c31-24-8-11-29-27(18-24)28(20-33-29)26(19-30(35)32-12-13-34-14-16-36-17-15-34)23-6-9-25(10-7-23)37-21-22-4-2-1-3-5-22/h1-11,18,20,26,33H,12-17,19,21H2,(H,32,35)/t26-/m1/s1. The average molecular weight is 518 g/mol. The molecule has 1 atom stereocenters. The quantitative estimate of drug-likeness (QED) is 0.297. The minimum absolute atomic E-state index is 0.0269. The van der Waals surface area contributed by atoms with Crippen LogP contribution in [0.5, 0.6) is 5.75 Å². The van der Waals surface area contributed by atoms with E-state index in [1.165, 1.54) is 0 Å². The highest BCUT2D eigenvalue weighted by molar-refractivity contribution is 6.31. The van der Waals surface area contributed by atoms with Gasteiger partial charge >= 0.3 is 0 Å². The molecule has 6 nitrogen and oxygen atoms in total. The van der Waals surface area contributed by atoms with Crippen molar-refractivity contribution >= 4 is 28.4 Å². The van der Waals surface area contributed by atoms with Crippen molar-refractivity contribution in [2.75, 3.05) is 39.4 Å². The Kier molecular flexibility index (Phi) is 8.41. The molecule has 1 aliphatic rings. The summed E-state index contributed by atoms with van der Waals surface area (Å²) in [6.45, 7) is 5.29. The molecule has 2 N–H and O–H groups in total. The van der Waals surface area contributed by atoms with E-state index in [1.54, 1.807) is 0 Å². The van der Waals surface area contributed by atoms with Crippen LogP contribution in [0.1, 0.15) is 29.0 Å². The van der Waals surface area contributed by atoms with Crippen LogP contribution in [0.15, 0.2) is 79.0 Å². The molecule has 1 aromatic heterocycles. The second kappa shape index (κ2) is 12.3. The largest absolute Gasteiger partial charge is 0.489 e. The van der Waals surface area contributed by atoms with Gasteiger partial charge in [0.15, 0.2) is 0 Å². The molecule has 4 aromatic rings. The molecule has 37 heavy (non-hydrogen) atoms. The van der Waals surface area contributed by atoms with Crippen LogP contribution in [-0.2, 0) is 16.1 Å². The summed E-state index contributed by atoms with van der Waals surface area (Å²) in [7, 11) is 0. The number of aromatic amines is 1. The van der Waals surface area contributed by atoms with Gasteiger partial charge in [-0.1, -0.05) is 54.1 Å². The zero-order valence-electron chi connectivity index (χ0n) is 20.8. The Morgan fingerprint density at radius 2 is 1.84 bits per heavy atom. The van der Waals surface area contributed by atoms with Gasteiger partial charge in [-0.05, 0) is 47.0 Å². The number of carbonyl (C=O) groups is 1. The lowest BCUT2D eigenvalue weighted by atomic mass is 9.88. The van der Waals surface area contributed by atoms with Gasteiger partial charge in [0, 0.05) is 60.6 Å². The summed E-state index contributed by atoms with van der Waals surface area (Å²) >= 11 is 6.33. The zero-order valence-corrected chi connectivity index (χ0v) is 21.5. The second-order valence-corrected chi connectivity index (χ2v) is 9.77. The number of hydrogen-bond acceptors (Lipinski definition) is 4. The lowest BCUT2D eigenvalue weighted by Gasteiger charge is -2.26. The highest BCUT2D eigenvalue weighted by atomic mass is 35.5. The summed E-state index contributed by atoms with van der Waals surface area (Å²) in [5.74, 6) is 0.695. The summed E-state index contributed by atoms with van der Waals surface area (Å²) in [5, 5.41) is 4.82. The highest BCUT2D eigenvalue weighted by Gasteiger charge is 2.22. The fourth-order valence-electron chi connectivity index (χ4n) is 4.78. The summed E-state index contributed by atoms with van der Waals surface area (Å²) in [5.41, 5.74) is 4.23. The van der Waals surface area contributed by atoms with Gasteiger partial charge in [0.25, 0.3) is 0 Å². The van der Waals surface area contributed by atoms with Crippen molar-refractivity contribution in [3.63, 3.8) is 0 Å². The minimum atomic E-state index is -0.126. The number of amides is 1. The summed E-state index contributed by atoms with van der Waals surface area (Å²) in [6.07, 6.45) is 2.33. The Bertz CT molecular complexity index is 1300. The van der Waals surface area contributed by atoms with Crippen molar-refractivity contribution in [2.45, 2.75) is 18.9 Å². The molecule has 0 spiro atoms. The molecule has 3 aromatic carbocycles. The van der Waals surface area contributed by atoms with Crippen molar-refractivity contribution in [1.82, 2.24) is 15.2 Å². The maximum absolute atomic E-state index is 13.1. The minimum Gasteiger partial charge on any atom is -0.489 e. The first kappa shape index (κ1) is 25.3. The maximum atomic E-state index is 13.1. The first-order valence-electron chi connectivity index (χ1n) is 12.8. The molecule has 0 radical (unpaired) electrons. The van der Waals surface area contributed by atoms with E-state index in [0.717, 1.165) is 66.2 Å². The van der Waals surface area contributed by atoms with Gasteiger partial charge in [0.05, 0.1) is 13.2 Å². The molecule has 1 fully saturated rings.